The van der Waals surface area contributed by atoms with Crippen molar-refractivity contribution < 1.29 is 9.47 Å². The maximum atomic E-state index is 5.89. The van der Waals surface area contributed by atoms with E-state index in [1.54, 1.807) is 0 Å². The third-order valence-corrected chi connectivity index (χ3v) is 4.62. The molecule has 1 N–H and O–H groups in total. The van der Waals surface area contributed by atoms with Gasteiger partial charge in [-0.25, -0.2) is 0 Å². The zero-order valence-corrected chi connectivity index (χ0v) is 12.5. The predicted octanol–water partition coefficient (Wildman–Crippen LogP) is 3.18. The Morgan fingerprint density at radius 3 is 2.90 bits per heavy atom. The molecule has 0 aliphatic carbocycles. The van der Waals surface area contributed by atoms with Crippen molar-refractivity contribution in [2.24, 2.45) is 5.92 Å². The van der Waals surface area contributed by atoms with Gasteiger partial charge >= 0.3 is 0 Å². The van der Waals surface area contributed by atoms with Crippen LogP contribution in [0.25, 0.3) is 0 Å². The Morgan fingerprint density at radius 1 is 1.25 bits per heavy atom. The van der Waals surface area contributed by atoms with Crippen LogP contribution in [-0.2, 0) is 22.7 Å². The molecule has 3 heteroatoms. The maximum Gasteiger partial charge on any atom is 0.0725 e. The van der Waals surface area contributed by atoms with Gasteiger partial charge in [0.1, 0.15) is 0 Å². The average molecular weight is 275 g/mol. The lowest BCUT2D eigenvalue weighted by atomic mass is 9.85. The highest BCUT2D eigenvalue weighted by Gasteiger charge is 2.34. The quantitative estimate of drug-likeness (QED) is 0.895. The highest BCUT2D eigenvalue weighted by molar-refractivity contribution is 5.35. The van der Waals surface area contributed by atoms with Gasteiger partial charge in [-0.2, -0.15) is 0 Å². The lowest BCUT2D eigenvalue weighted by Gasteiger charge is -2.28. The molecule has 20 heavy (non-hydrogen) atoms. The van der Waals surface area contributed by atoms with Crippen LogP contribution in [0.5, 0.6) is 0 Å². The molecule has 0 radical (unpaired) electrons. The third-order valence-electron chi connectivity index (χ3n) is 4.62. The van der Waals surface area contributed by atoms with Crippen molar-refractivity contribution in [2.45, 2.75) is 52.0 Å². The van der Waals surface area contributed by atoms with Crippen LogP contribution in [-0.4, -0.2) is 19.3 Å². The first-order valence-corrected chi connectivity index (χ1v) is 7.88. The maximum absolute atomic E-state index is 5.89. The Kier molecular flexibility index (Phi) is 4.39. The van der Waals surface area contributed by atoms with E-state index in [1.807, 2.05) is 0 Å². The fraction of sp³-hybridized carbons (Fsp3) is 0.647. The second kappa shape index (κ2) is 6.25. The molecule has 3 unspecified atom stereocenters. The van der Waals surface area contributed by atoms with Gasteiger partial charge in [0.15, 0.2) is 0 Å². The van der Waals surface area contributed by atoms with Gasteiger partial charge in [0.05, 0.1) is 19.3 Å². The van der Waals surface area contributed by atoms with Gasteiger partial charge in [-0.05, 0) is 36.1 Å². The molecule has 0 saturated carbocycles. The summed E-state index contributed by atoms with van der Waals surface area (Å²) >= 11 is 0. The average Bonchev–Trinajstić information content (AvgIpc) is 3.12. The Bertz CT molecular complexity index is 460. The van der Waals surface area contributed by atoms with Crippen LogP contribution in [0.1, 0.15) is 49.4 Å². The third kappa shape index (κ3) is 2.62. The standard InChI is InChI=1S/C17H25NO2/c1-3-16-15(7-8-20-16)17(18-4-2)12-5-6-13-10-19-11-14(13)9-12/h5-6,9,15-18H,3-4,7-8,10-11H2,1-2H3. The summed E-state index contributed by atoms with van der Waals surface area (Å²) in [4.78, 5) is 0. The van der Waals surface area contributed by atoms with E-state index in [-0.39, 0.29) is 0 Å². The van der Waals surface area contributed by atoms with Crippen molar-refractivity contribution in [3.63, 3.8) is 0 Å². The van der Waals surface area contributed by atoms with Crippen LogP contribution in [0, 0.1) is 5.92 Å². The van der Waals surface area contributed by atoms with Crippen molar-refractivity contribution in [1.29, 1.82) is 0 Å². The molecule has 2 heterocycles. The van der Waals surface area contributed by atoms with Crippen LogP contribution >= 0.6 is 0 Å². The summed E-state index contributed by atoms with van der Waals surface area (Å²) in [5.41, 5.74) is 4.10. The molecule has 2 aliphatic heterocycles. The van der Waals surface area contributed by atoms with Gasteiger partial charge in [-0.3, -0.25) is 0 Å². The number of rotatable bonds is 5. The minimum Gasteiger partial charge on any atom is -0.378 e. The van der Waals surface area contributed by atoms with Gasteiger partial charge < -0.3 is 14.8 Å². The van der Waals surface area contributed by atoms with E-state index in [4.69, 9.17) is 9.47 Å². The van der Waals surface area contributed by atoms with Crippen LogP contribution in [0.15, 0.2) is 18.2 Å². The van der Waals surface area contributed by atoms with Gasteiger partial charge in [0.25, 0.3) is 0 Å². The van der Waals surface area contributed by atoms with Crippen molar-refractivity contribution in [3.05, 3.63) is 34.9 Å². The molecule has 0 amide bonds. The van der Waals surface area contributed by atoms with Gasteiger partial charge in [-0.1, -0.05) is 32.0 Å². The first kappa shape index (κ1) is 14.1. The van der Waals surface area contributed by atoms with E-state index >= 15 is 0 Å². The molecule has 1 saturated heterocycles. The predicted molar refractivity (Wildman–Crippen MR) is 79.5 cm³/mol. The summed E-state index contributed by atoms with van der Waals surface area (Å²) in [6, 6.07) is 7.24. The molecular weight excluding hydrogens is 250 g/mol. The summed E-state index contributed by atoms with van der Waals surface area (Å²) in [6.45, 7) is 7.83. The number of nitrogens with one attached hydrogen (secondary N) is 1. The highest BCUT2D eigenvalue weighted by atomic mass is 16.5. The van der Waals surface area contributed by atoms with E-state index in [0.29, 0.717) is 18.1 Å². The zero-order valence-electron chi connectivity index (χ0n) is 12.5. The van der Waals surface area contributed by atoms with Crippen LogP contribution in [0.2, 0.25) is 0 Å². The highest BCUT2D eigenvalue weighted by Crippen LogP contribution is 2.36. The van der Waals surface area contributed by atoms with E-state index in [9.17, 15) is 0 Å². The molecule has 3 nitrogen and oxygen atoms in total. The Morgan fingerprint density at radius 2 is 2.10 bits per heavy atom. The molecule has 1 aromatic rings. The summed E-state index contributed by atoms with van der Waals surface area (Å²) in [5, 5.41) is 3.68. The molecule has 1 aromatic carbocycles. The molecule has 3 atom stereocenters. The van der Waals surface area contributed by atoms with Gasteiger partial charge in [-0.15, -0.1) is 0 Å². The second-order valence-electron chi connectivity index (χ2n) is 5.83. The SMILES string of the molecule is CCNC(c1ccc2c(c1)COC2)C1CCOC1CC. The minimum atomic E-state index is 0.392. The number of fused-ring (bicyclic) bond motifs is 1. The smallest absolute Gasteiger partial charge is 0.0725 e. The van der Waals surface area contributed by atoms with Gasteiger partial charge in [0, 0.05) is 18.6 Å². The number of hydrogen-bond donors (Lipinski definition) is 1. The summed E-state index contributed by atoms with van der Waals surface area (Å²) < 4.78 is 11.4. The Balaban J connectivity index is 1.86. The van der Waals surface area contributed by atoms with Crippen molar-refractivity contribution in [3.8, 4) is 0 Å². The van der Waals surface area contributed by atoms with Gasteiger partial charge in [0.2, 0.25) is 0 Å². The van der Waals surface area contributed by atoms with Crippen molar-refractivity contribution in [1.82, 2.24) is 5.32 Å². The van der Waals surface area contributed by atoms with Crippen molar-refractivity contribution in [2.75, 3.05) is 13.2 Å². The topological polar surface area (TPSA) is 30.5 Å². The Labute approximate surface area is 121 Å². The summed E-state index contributed by atoms with van der Waals surface area (Å²) in [7, 11) is 0. The second-order valence-corrected chi connectivity index (χ2v) is 5.83. The molecular formula is C17H25NO2. The summed E-state index contributed by atoms with van der Waals surface area (Å²) in [5.74, 6) is 0.584. The number of ether oxygens (including phenoxy) is 2. The minimum absolute atomic E-state index is 0.392. The van der Waals surface area contributed by atoms with E-state index in [0.717, 1.165) is 39.2 Å². The normalized spacial score (nSPS) is 26.7. The molecule has 0 aromatic heterocycles. The fourth-order valence-electron chi connectivity index (χ4n) is 3.59. The zero-order chi connectivity index (χ0) is 13.9. The van der Waals surface area contributed by atoms with E-state index < -0.39 is 0 Å². The number of hydrogen-bond acceptors (Lipinski definition) is 3. The summed E-state index contributed by atoms with van der Waals surface area (Å²) in [6.07, 6.45) is 2.65. The van der Waals surface area contributed by atoms with Crippen molar-refractivity contribution >= 4 is 0 Å². The van der Waals surface area contributed by atoms with E-state index in [1.165, 1.54) is 16.7 Å². The monoisotopic (exact) mass is 275 g/mol. The van der Waals surface area contributed by atoms with Crippen LogP contribution in [0.4, 0.5) is 0 Å². The lowest BCUT2D eigenvalue weighted by molar-refractivity contribution is 0.0775. The molecule has 2 aliphatic rings. The Hall–Kier alpha value is -0.900. The first-order chi connectivity index (χ1) is 9.83. The van der Waals surface area contributed by atoms with Crippen LogP contribution in [0.3, 0.4) is 0 Å². The molecule has 0 spiro atoms. The first-order valence-electron chi connectivity index (χ1n) is 7.88. The largest absolute Gasteiger partial charge is 0.378 e. The molecule has 3 rings (SSSR count). The van der Waals surface area contributed by atoms with Crippen LogP contribution < -0.4 is 5.32 Å². The number of benzene rings is 1. The molecule has 1 fully saturated rings. The fourth-order valence-corrected chi connectivity index (χ4v) is 3.59. The lowest BCUT2D eigenvalue weighted by Crippen LogP contribution is -2.32. The van der Waals surface area contributed by atoms with E-state index in [2.05, 4.69) is 37.4 Å². The molecule has 0 bridgehead atoms. The molecule has 110 valence electrons.